The van der Waals surface area contributed by atoms with Crippen LogP contribution in [0.3, 0.4) is 0 Å². The normalized spacial score (nSPS) is 20.8. The zero-order valence-corrected chi connectivity index (χ0v) is 20.9. The molecule has 2 aromatic rings. The second kappa shape index (κ2) is 10.7. The number of aromatic nitrogens is 2. The first-order chi connectivity index (χ1) is 17.4. The van der Waals surface area contributed by atoms with Crippen LogP contribution in [0.1, 0.15) is 76.7 Å². The minimum absolute atomic E-state index is 0.00570. The molecule has 0 atom stereocenters. The third kappa shape index (κ3) is 5.08. The van der Waals surface area contributed by atoms with E-state index in [1.54, 1.807) is 10.6 Å². The van der Waals surface area contributed by atoms with Crippen LogP contribution in [0, 0.1) is 11.7 Å². The van der Waals surface area contributed by atoms with Crippen LogP contribution in [-0.4, -0.2) is 50.8 Å². The van der Waals surface area contributed by atoms with E-state index in [0.717, 1.165) is 51.4 Å². The molecule has 9 heteroatoms. The van der Waals surface area contributed by atoms with E-state index in [1.807, 2.05) is 0 Å². The molecular weight excluding hydrogens is 463 g/mol. The van der Waals surface area contributed by atoms with E-state index in [9.17, 15) is 19.5 Å². The average molecular weight is 501 g/mol. The van der Waals surface area contributed by atoms with E-state index >= 15 is 4.39 Å². The highest BCUT2D eigenvalue weighted by molar-refractivity contribution is 5.82. The van der Waals surface area contributed by atoms with Gasteiger partial charge in [0.1, 0.15) is 5.82 Å². The molecule has 3 aliphatic rings. The summed E-state index contributed by atoms with van der Waals surface area (Å²) in [5.41, 5.74) is 0.122. The number of nitrogens with zero attached hydrogens (tertiary/aromatic N) is 3. The highest BCUT2D eigenvalue weighted by Gasteiger charge is 2.27. The molecule has 2 heterocycles. The Morgan fingerprint density at radius 1 is 0.944 bits per heavy atom. The van der Waals surface area contributed by atoms with Gasteiger partial charge in [-0.1, -0.05) is 32.1 Å². The first-order valence-electron chi connectivity index (χ1n) is 13.6. The number of rotatable bonds is 7. The standard InChI is InChI=1S/C27H37FN4O4/c28-22-16-21-24(17-23(22)29-19-6-2-1-3-7-19)32(20-8-4-5-9-20)27(36)31(25(21)33)15-14-30-12-10-18(11-13-30)26(34)35/h16-20,29H,1-15H2,(H,34,35). The molecule has 2 N–H and O–H groups in total. The Kier molecular flexibility index (Phi) is 7.46. The van der Waals surface area contributed by atoms with E-state index in [-0.39, 0.29) is 35.6 Å². The molecule has 8 nitrogen and oxygen atoms in total. The van der Waals surface area contributed by atoms with Gasteiger partial charge >= 0.3 is 11.7 Å². The van der Waals surface area contributed by atoms with Crippen LogP contribution in [0.4, 0.5) is 10.1 Å². The fourth-order valence-corrected chi connectivity index (χ4v) is 6.33. The van der Waals surface area contributed by atoms with Crippen LogP contribution < -0.4 is 16.6 Å². The Morgan fingerprint density at radius 2 is 1.61 bits per heavy atom. The largest absolute Gasteiger partial charge is 0.481 e. The number of hydrogen-bond acceptors (Lipinski definition) is 5. The Bertz CT molecular complexity index is 1220. The SMILES string of the molecule is O=C(O)C1CCN(CCn2c(=O)c3cc(F)c(NC4CCCCC4)cc3n(C3CCCC3)c2=O)CC1. The van der Waals surface area contributed by atoms with Crippen LogP contribution in [0.2, 0.25) is 0 Å². The van der Waals surface area contributed by atoms with Crippen molar-refractivity contribution in [3.8, 4) is 0 Å². The summed E-state index contributed by atoms with van der Waals surface area (Å²) in [7, 11) is 0. The zero-order chi connectivity index (χ0) is 25.2. The number of aliphatic carboxylic acids is 1. The number of carboxylic acids is 1. The number of nitrogens with one attached hydrogen (secondary N) is 1. The Hall–Kier alpha value is -2.68. The van der Waals surface area contributed by atoms with Gasteiger partial charge in [-0.15, -0.1) is 0 Å². The van der Waals surface area contributed by atoms with Crippen molar-refractivity contribution in [1.29, 1.82) is 0 Å². The highest BCUT2D eigenvalue weighted by Crippen LogP contribution is 2.32. The number of benzene rings is 1. The molecule has 2 aliphatic carbocycles. The summed E-state index contributed by atoms with van der Waals surface area (Å²) in [6.07, 6.45) is 10.4. The summed E-state index contributed by atoms with van der Waals surface area (Å²) in [6, 6.07) is 3.21. The summed E-state index contributed by atoms with van der Waals surface area (Å²) < 4.78 is 18.2. The van der Waals surface area contributed by atoms with Crippen molar-refractivity contribution in [3.05, 3.63) is 38.8 Å². The third-order valence-electron chi connectivity index (χ3n) is 8.49. The lowest BCUT2D eigenvalue weighted by molar-refractivity contribution is -0.143. The number of anilines is 1. The quantitative estimate of drug-likeness (QED) is 0.598. The minimum Gasteiger partial charge on any atom is -0.481 e. The number of hydrogen-bond donors (Lipinski definition) is 2. The van der Waals surface area contributed by atoms with Gasteiger partial charge in [-0.3, -0.25) is 18.7 Å². The Labute approximate surface area is 210 Å². The second-order valence-corrected chi connectivity index (χ2v) is 10.8. The van der Waals surface area contributed by atoms with Gasteiger partial charge in [-0.05, 0) is 63.7 Å². The van der Waals surface area contributed by atoms with Gasteiger partial charge in [0.05, 0.1) is 22.5 Å². The van der Waals surface area contributed by atoms with Crippen molar-refractivity contribution in [2.75, 3.05) is 25.0 Å². The Balaban J connectivity index is 1.47. The number of likely N-dealkylation sites (tertiary alicyclic amines) is 1. The molecule has 3 fully saturated rings. The van der Waals surface area contributed by atoms with Crippen molar-refractivity contribution in [2.45, 2.75) is 89.3 Å². The fourth-order valence-electron chi connectivity index (χ4n) is 6.33. The first kappa shape index (κ1) is 25.0. The maximum atomic E-state index is 15.2. The van der Waals surface area contributed by atoms with Gasteiger partial charge in [-0.2, -0.15) is 0 Å². The predicted molar refractivity (Wildman–Crippen MR) is 137 cm³/mol. The highest BCUT2D eigenvalue weighted by atomic mass is 19.1. The predicted octanol–water partition coefficient (Wildman–Crippen LogP) is 3.96. The number of fused-ring (bicyclic) bond motifs is 1. The van der Waals surface area contributed by atoms with E-state index in [1.165, 1.54) is 17.1 Å². The summed E-state index contributed by atoms with van der Waals surface area (Å²) in [6.45, 7) is 1.95. The van der Waals surface area contributed by atoms with Gasteiger partial charge in [-0.25, -0.2) is 9.18 Å². The van der Waals surface area contributed by atoms with Gasteiger partial charge in [0, 0.05) is 25.2 Å². The van der Waals surface area contributed by atoms with Crippen LogP contribution in [0.15, 0.2) is 21.7 Å². The fraction of sp³-hybridized carbons (Fsp3) is 0.667. The summed E-state index contributed by atoms with van der Waals surface area (Å²) in [4.78, 5) is 40.5. The van der Waals surface area contributed by atoms with Gasteiger partial charge < -0.3 is 15.3 Å². The maximum absolute atomic E-state index is 15.2. The van der Waals surface area contributed by atoms with E-state index in [4.69, 9.17) is 0 Å². The van der Waals surface area contributed by atoms with Crippen molar-refractivity contribution < 1.29 is 14.3 Å². The van der Waals surface area contributed by atoms with Gasteiger partial charge in [0.15, 0.2) is 0 Å². The number of carboxylic acid groups (broad SMARTS) is 1. The molecule has 2 saturated carbocycles. The molecular formula is C27H37FN4O4. The lowest BCUT2D eigenvalue weighted by Gasteiger charge is -2.30. The second-order valence-electron chi connectivity index (χ2n) is 10.8. The lowest BCUT2D eigenvalue weighted by Crippen LogP contribution is -2.45. The van der Waals surface area contributed by atoms with Crippen LogP contribution in [0.5, 0.6) is 0 Å². The van der Waals surface area contributed by atoms with Crippen molar-refractivity contribution in [2.24, 2.45) is 5.92 Å². The number of piperidine rings is 1. The molecule has 0 spiro atoms. The van der Waals surface area contributed by atoms with Gasteiger partial charge in [0.2, 0.25) is 0 Å². The monoisotopic (exact) mass is 500 g/mol. The first-order valence-corrected chi connectivity index (χ1v) is 13.6. The molecule has 0 unspecified atom stereocenters. The number of carbonyl (C=O) groups is 1. The molecule has 1 saturated heterocycles. The summed E-state index contributed by atoms with van der Waals surface area (Å²) in [5, 5.41) is 12.8. The van der Waals surface area contributed by atoms with Crippen molar-refractivity contribution in [3.63, 3.8) is 0 Å². The van der Waals surface area contributed by atoms with Crippen LogP contribution >= 0.6 is 0 Å². The lowest BCUT2D eigenvalue weighted by atomic mass is 9.95. The average Bonchev–Trinajstić information content (AvgIpc) is 3.40. The molecule has 1 aromatic carbocycles. The topological polar surface area (TPSA) is 96.6 Å². The maximum Gasteiger partial charge on any atom is 0.331 e. The van der Waals surface area contributed by atoms with E-state index in [2.05, 4.69) is 10.2 Å². The van der Waals surface area contributed by atoms with E-state index < -0.39 is 17.3 Å². The van der Waals surface area contributed by atoms with Crippen molar-refractivity contribution >= 4 is 22.6 Å². The summed E-state index contributed by atoms with van der Waals surface area (Å²) >= 11 is 0. The molecule has 0 amide bonds. The number of halogens is 1. The van der Waals surface area contributed by atoms with Crippen LogP contribution in [0.25, 0.3) is 10.9 Å². The molecule has 196 valence electrons. The Morgan fingerprint density at radius 3 is 2.28 bits per heavy atom. The van der Waals surface area contributed by atoms with Crippen molar-refractivity contribution in [1.82, 2.24) is 14.0 Å². The van der Waals surface area contributed by atoms with Crippen LogP contribution in [-0.2, 0) is 11.3 Å². The smallest absolute Gasteiger partial charge is 0.331 e. The zero-order valence-electron chi connectivity index (χ0n) is 20.9. The molecule has 1 aromatic heterocycles. The van der Waals surface area contributed by atoms with E-state index in [0.29, 0.717) is 43.7 Å². The molecule has 0 bridgehead atoms. The minimum atomic E-state index is -0.765. The molecule has 0 radical (unpaired) electrons. The molecule has 36 heavy (non-hydrogen) atoms. The van der Waals surface area contributed by atoms with Gasteiger partial charge in [0.25, 0.3) is 5.56 Å². The molecule has 1 aliphatic heterocycles. The third-order valence-corrected chi connectivity index (χ3v) is 8.49. The molecule has 5 rings (SSSR count). The summed E-state index contributed by atoms with van der Waals surface area (Å²) in [5.74, 6) is -1.55.